The van der Waals surface area contributed by atoms with E-state index in [4.69, 9.17) is 5.73 Å². The van der Waals surface area contributed by atoms with Gasteiger partial charge in [0.2, 0.25) is 5.13 Å². The summed E-state index contributed by atoms with van der Waals surface area (Å²) in [5.74, 6) is 0.560. The number of aryl methyl sites for hydroxylation is 1. The summed E-state index contributed by atoms with van der Waals surface area (Å²) >= 11 is 1.33. The number of hydrogen-bond donors (Lipinski definition) is 1. The molecule has 2 N–H and O–H groups in total. The largest absolute Gasteiger partial charge is 0.330 e. The normalized spacial score (nSPS) is 10.7. The first kappa shape index (κ1) is 13.9. The highest BCUT2D eigenvalue weighted by Gasteiger charge is 2.14. The van der Waals surface area contributed by atoms with Gasteiger partial charge in [-0.25, -0.2) is 9.37 Å². The first-order valence-corrected chi connectivity index (χ1v) is 7.07. The standard InChI is InChI=1S/C13H17FN4S/c1-2-12-16-13(19-17-12)18(8-4-7-15)11-6-3-5-10(14)9-11/h3,5-6,9H,2,4,7-8,15H2,1H3. The molecule has 0 spiro atoms. The van der Waals surface area contributed by atoms with Gasteiger partial charge in [0.05, 0.1) is 0 Å². The lowest BCUT2D eigenvalue weighted by Crippen LogP contribution is -2.21. The highest BCUT2D eigenvalue weighted by atomic mass is 32.1. The smallest absolute Gasteiger partial charge is 0.209 e. The lowest BCUT2D eigenvalue weighted by atomic mass is 10.2. The van der Waals surface area contributed by atoms with E-state index in [1.165, 1.54) is 23.7 Å². The Hall–Kier alpha value is -1.53. The van der Waals surface area contributed by atoms with Crippen molar-refractivity contribution in [3.63, 3.8) is 0 Å². The molecular weight excluding hydrogens is 263 g/mol. The molecule has 0 saturated heterocycles. The average Bonchev–Trinajstić information content (AvgIpc) is 2.88. The number of anilines is 2. The van der Waals surface area contributed by atoms with Gasteiger partial charge in [-0.2, -0.15) is 4.37 Å². The molecular formula is C13H17FN4S. The summed E-state index contributed by atoms with van der Waals surface area (Å²) in [6.07, 6.45) is 1.61. The molecule has 0 aliphatic carbocycles. The Balaban J connectivity index is 2.29. The summed E-state index contributed by atoms with van der Waals surface area (Å²) in [5.41, 5.74) is 6.35. The van der Waals surface area contributed by atoms with Crippen molar-refractivity contribution >= 4 is 22.4 Å². The van der Waals surface area contributed by atoms with Gasteiger partial charge in [-0.3, -0.25) is 0 Å². The second-order valence-electron chi connectivity index (χ2n) is 4.12. The third-order valence-corrected chi connectivity index (χ3v) is 3.49. The van der Waals surface area contributed by atoms with Crippen LogP contribution in [0.25, 0.3) is 0 Å². The SMILES string of the molecule is CCc1nsc(N(CCCN)c2cccc(F)c2)n1. The number of nitrogens with two attached hydrogens (primary N) is 1. The van der Waals surface area contributed by atoms with Gasteiger partial charge in [0.25, 0.3) is 0 Å². The lowest BCUT2D eigenvalue weighted by molar-refractivity contribution is 0.627. The molecule has 1 aromatic heterocycles. The van der Waals surface area contributed by atoms with Crippen molar-refractivity contribution in [1.82, 2.24) is 9.36 Å². The van der Waals surface area contributed by atoms with Crippen LogP contribution in [0, 0.1) is 5.82 Å². The van der Waals surface area contributed by atoms with Crippen molar-refractivity contribution < 1.29 is 4.39 Å². The molecule has 19 heavy (non-hydrogen) atoms. The Morgan fingerprint density at radius 1 is 1.42 bits per heavy atom. The number of hydrogen-bond acceptors (Lipinski definition) is 5. The molecule has 2 aromatic rings. The minimum Gasteiger partial charge on any atom is -0.330 e. The highest BCUT2D eigenvalue weighted by molar-refractivity contribution is 7.09. The van der Waals surface area contributed by atoms with Crippen LogP contribution in [-0.2, 0) is 6.42 Å². The predicted octanol–water partition coefficient (Wildman–Crippen LogP) is 2.73. The van der Waals surface area contributed by atoms with Gasteiger partial charge in [0, 0.05) is 30.2 Å². The molecule has 0 unspecified atom stereocenters. The number of halogens is 1. The monoisotopic (exact) mass is 280 g/mol. The van der Waals surface area contributed by atoms with Crippen LogP contribution in [0.2, 0.25) is 0 Å². The molecule has 0 bridgehead atoms. The number of aromatic nitrogens is 2. The Kier molecular flexibility index (Phi) is 4.81. The molecule has 0 fully saturated rings. The number of benzene rings is 1. The molecule has 0 atom stereocenters. The number of nitrogens with zero attached hydrogens (tertiary/aromatic N) is 3. The van der Waals surface area contributed by atoms with Crippen molar-refractivity contribution in [2.24, 2.45) is 5.73 Å². The first-order valence-electron chi connectivity index (χ1n) is 6.30. The van der Waals surface area contributed by atoms with Crippen molar-refractivity contribution in [3.8, 4) is 0 Å². The molecule has 0 radical (unpaired) electrons. The van der Waals surface area contributed by atoms with E-state index in [0.717, 1.165) is 29.5 Å². The van der Waals surface area contributed by atoms with Gasteiger partial charge >= 0.3 is 0 Å². The zero-order valence-corrected chi connectivity index (χ0v) is 11.7. The maximum absolute atomic E-state index is 13.4. The zero-order chi connectivity index (χ0) is 13.7. The van der Waals surface area contributed by atoms with E-state index >= 15 is 0 Å². The Morgan fingerprint density at radius 3 is 2.89 bits per heavy atom. The summed E-state index contributed by atoms with van der Waals surface area (Å²) in [6.45, 7) is 3.31. The summed E-state index contributed by atoms with van der Waals surface area (Å²) < 4.78 is 17.6. The van der Waals surface area contributed by atoms with Gasteiger partial charge in [0.15, 0.2) is 0 Å². The molecule has 4 nitrogen and oxygen atoms in total. The Morgan fingerprint density at radius 2 is 2.26 bits per heavy atom. The van der Waals surface area contributed by atoms with Crippen LogP contribution < -0.4 is 10.6 Å². The van der Waals surface area contributed by atoms with E-state index in [9.17, 15) is 4.39 Å². The van der Waals surface area contributed by atoms with E-state index in [1.807, 2.05) is 17.9 Å². The van der Waals surface area contributed by atoms with Crippen molar-refractivity contribution in [1.29, 1.82) is 0 Å². The molecule has 2 rings (SSSR count). The fraction of sp³-hybridized carbons (Fsp3) is 0.385. The maximum Gasteiger partial charge on any atom is 0.209 e. The fourth-order valence-corrected chi connectivity index (χ4v) is 2.52. The average molecular weight is 280 g/mol. The van der Waals surface area contributed by atoms with Crippen molar-refractivity contribution in [2.75, 3.05) is 18.0 Å². The van der Waals surface area contributed by atoms with E-state index in [0.29, 0.717) is 13.1 Å². The molecule has 0 aliphatic rings. The van der Waals surface area contributed by atoms with Crippen LogP contribution >= 0.6 is 11.5 Å². The van der Waals surface area contributed by atoms with Gasteiger partial charge in [0.1, 0.15) is 11.6 Å². The quantitative estimate of drug-likeness (QED) is 0.884. The first-order chi connectivity index (χ1) is 9.24. The molecule has 1 heterocycles. The van der Waals surface area contributed by atoms with Crippen molar-refractivity contribution in [3.05, 3.63) is 35.9 Å². The van der Waals surface area contributed by atoms with Gasteiger partial charge < -0.3 is 10.6 Å². The third-order valence-electron chi connectivity index (χ3n) is 2.71. The van der Waals surface area contributed by atoms with E-state index < -0.39 is 0 Å². The topological polar surface area (TPSA) is 55.0 Å². The minimum absolute atomic E-state index is 0.254. The summed E-state index contributed by atoms with van der Waals surface area (Å²) in [7, 11) is 0. The summed E-state index contributed by atoms with van der Waals surface area (Å²) in [5, 5.41) is 0.788. The fourth-order valence-electron chi connectivity index (χ4n) is 1.73. The Labute approximate surface area is 116 Å². The molecule has 6 heteroatoms. The summed E-state index contributed by atoms with van der Waals surface area (Å²) in [4.78, 5) is 6.42. The molecule has 102 valence electrons. The minimum atomic E-state index is -0.254. The lowest BCUT2D eigenvalue weighted by Gasteiger charge is -2.21. The molecule has 1 aromatic carbocycles. The van der Waals surface area contributed by atoms with Crippen LogP contribution in [0.15, 0.2) is 24.3 Å². The van der Waals surface area contributed by atoms with Gasteiger partial charge in [-0.15, -0.1) is 0 Å². The highest BCUT2D eigenvalue weighted by Crippen LogP contribution is 2.27. The molecule has 0 amide bonds. The number of rotatable bonds is 6. The molecule has 0 saturated carbocycles. The van der Waals surface area contributed by atoms with Crippen LogP contribution in [-0.4, -0.2) is 22.4 Å². The zero-order valence-electron chi connectivity index (χ0n) is 10.8. The van der Waals surface area contributed by atoms with Gasteiger partial charge in [-0.1, -0.05) is 13.0 Å². The van der Waals surface area contributed by atoms with E-state index in [1.54, 1.807) is 6.07 Å². The predicted molar refractivity (Wildman–Crippen MR) is 76.4 cm³/mol. The third kappa shape index (κ3) is 3.48. The van der Waals surface area contributed by atoms with Crippen LogP contribution in [0.3, 0.4) is 0 Å². The molecule has 0 aliphatic heterocycles. The van der Waals surface area contributed by atoms with E-state index in [2.05, 4.69) is 9.36 Å². The van der Waals surface area contributed by atoms with Crippen LogP contribution in [0.1, 0.15) is 19.2 Å². The Bertz CT molecular complexity index is 529. The second-order valence-corrected chi connectivity index (χ2v) is 4.85. The van der Waals surface area contributed by atoms with E-state index in [-0.39, 0.29) is 5.82 Å². The van der Waals surface area contributed by atoms with Crippen LogP contribution in [0.4, 0.5) is 15.2 Å². The van der Waals surface area contributed by atoms with Crippen molar-refractivity contribution in [2.45, 2.75) is 19.8 Å². The van der Waals surface area contributed by atoms with Crippen LogP contribution in [0.5, 0.6) is 0 Å². The second kappa shape index (κ2) is 6.58. The maximum atomic E-state index is 13.4. The van der Waals surface area contributed by atoms with Gasteiger partial charge in [-0.05, 0) is 31.2 Å². The summed E-state index contributed by atoms with van der Waals surface area (Å²) in [6, 6.07) is 6.50.